The maximum Gasteiger partial charge on any atom is 0.407 e. The number of amides is 1. The number of hydrogen-bond donors (Lipinski definition) is 3. The van der Waals surface area contributed by atoms with Crippen molar-refractivity contribution >= 4 is 17.8 Å². The van der Waals surface area contributed by atoms with Crippen LogP contribution in [0.2, 0.25) is 0 Å². The lowest BCUT2D eigenvalue weighted by atomic mass is 10.0. The van der Waals surface area contributed by atoms with Gasteiger partial charge in [-0.05, 0) is 50.5 Å². The molecule has 1 aromatic carbocycles. The van der Waals surface area contributed by atoms with Gasteiger partial charge in [0.1, 0.15) is 0 Å². The fourth-order valence-electron chi connectivity index (χ4n) is 3.68. The second-order valence-corrected chi connectivity index (χ2v) is 7.84. The normalized spacial score (nSPS) is 18.7. The third-order valence-corrected chi connectivity index (χ3v) is 5.19. The van der Waals surface area contributed by atoms with Gasteiger partial charge in [0.05, 0.1) is 12.5 Å². The summed E-state index contributed by atoms with van der Waals surface area (Å²) in [6.07, 6.45) is -1.09. The lowest BCUT2D eigenvalue weighted by Crippen LogP contribution is -2.53. The molecule has 0 radical (unpaired) electrons. The summed E-state index contributed by atoms with van der Waals surface area (Å²) >= 11 is 0. The zero-order valence-corrected chi connectivity index (χ0v) is 17.3. The molecule has 2 atom stereocenters. The van der Waals surface area contributed by atoms with E-state index in [0.29, 0.717) is 38.0 Å². The van der Waals surface area contributed by atoms with Crippen molar-refractivity contribution in [2.75, 3.05) is 25.0 Å². The van der Waals surface area contributed by atoms with Crippen LogP contribution in [-0.2, 0) is 13.0 Å². The molecule has 1 aliphatic heterocycles. The number of carbonyl (C=O) groups is 1. The summed E-state index contributed by atoms with van der Waals surface area (Å²) in [6, 6.07) is 4.45. The number of aliphatic hydroxyl groups excluding tert-OH is 1. The molecule has 3 rings (SSSR count). The smallest absolute Gasteiger partial charge is 0.407 e. The minimum Gasteiger partial charge on any atom is -0.465 e. The van der Waals surface area contributed by atoms with Crippen molar-refractivity contribution in [1.29, 1.82) is 0 Å². The van der Waals surface area contributed by atoms with Crippen LogP contribution in [-0.4, -0.2) is 68.1 Å². The van der Waals surface area contributed by atoms with Crippen LogP contribution < -0.4 is 5.32 Å². The molecule has 29 heavy (non-hydrogen) atoms. The Morgan fingerprint density at radius 2 is 2.10 bits per heavy atom. The van der Waals surface area contributed by atoms with Crippen LogP contribution in [0.3, 0.4) is 0 Å². The zero-order chi connectivity index (χ0) is 21.1. The maximum absolute atomic E-state index is 11.3. The molecule has 9 heteroatoms. The fraction of sp³-hybridized carbons (Fsp3) is 0.550. The molecule has 2 heterocycles. The Labute approximate surface area is 170 Å². The van der Waals surface area contributed by atoms with Crippen LogP contribution in [0, 0.1) is 13.8 Å². The number of hydrogen-bond acceptors (Lipinski definition) is 7. The minimum atomic E-state index is -0.857. The first kappa shape index (κ1) is 21.1. The van der Waals surface area contributed by atoms with Crippen LogP contribution in [0.5, 0.6) is 0 Å². The number of carboxylic acid groups (broad SMARTS) is 1. The van der Waals surface area contributed by atoms with E-state index in [-0.39, 0.29) is 6.04 Å². The van der Waals surface area contributed by atoms with E-state index in [1.54, 1.807) is 6.92 Å². The van der Waals surface area contributed by atoms with Gasteiger partial charge in [0.15, 0.2) is 0 Å². The predicted octanol–water partition coefficient (Wildman–Crippen LogP) is 2.54. The summed E-state index contributed by atoms with van der Waals surface area (Å²) in [4.78, 5) is 15.0. The van der Waals surface area contributed by atoms with Crippen molar-refractivity contribution in [1.82, 2.24) is 20.0 Å². The molecule has 1 aliphatic rings. The Morgan fingerprint density at radius 1 is 1.34 bits per heavy atom. The molecular weight excluding hydrogens is 374 g/mol. The monoisotopic (exact) mass is 403 g/mol. The van der Waals surface area contributed by atoms with Gasteiger partial charge in [0, 0.05) is 37.9 Å². The Balaban J connectivity index is 1.72. The second-order valence-electron chi connectivity index (χ2n) is 7.84. The molecule has 1 aromatic heterocycles. The molecule has 0 bridgehead atoms. The van der Waals surface area contributed by atoms with E-state index in [1.807, 2.05) is 26.8 Å². The molecule has 158 valence electrons. The van der Waals surface area contributed by atoms with E-state index in [4.69, 9.17) is 4.42 Å². The van der Waals surface area contributed by atoms with Crippen LogP contribution in [0.25, 0.3) is 0 Å². The van der Waals surface area contributed by atoms with Crippen molar-refractivity contribution in [2.24, 2.45) is 0 Å². The zero-order valence-electron chi connectivity index (χ0n) is 17.3. The van der Waals surface area contributed by atoms with E-state index < -0.39 is 12.2 Å². The molecule has 9 nitrogen and oxygen atoms in total. The van der Waals surface area contributed by atoms with Crippen molar-refractivity contribution < 1.29 is 19.4 Å². The first-order chi connectivity index (χ1) is 13.7. The molecule has 1 fully saturated rings. The number of aryl methyl sites for hydroxylation is 1. The number of nitrogens with zero attached hydrogens (tertiary/aromatic N) is 4. The molecule has 3 N–H and O–H groups in total. The van der Waals surface area contributed by atoms with Crippen molar-refractivity contribution in [3.8, 4) is 0 Å². The Morgan fingerprint density at radius 3 is 2.76 bits per heavy atom. The number of rotatable bonds is 6. The summed E-state index contributed by atoms with van der Waals surface area (Å²) in [5.74, 6) is 0.387. The van der Waals surface area contributed by atoms with Crippen molar-refractivity contribution in [2.45, 2.75) is 52.8 Å². The first-order valence-electron chi connectivity index (χ1n) is 9.82. The van der Waals surface area contributed by atoms with E-state index in [1.165, 1.54) is 10.5 Å². The number of benzene rings is 1. The summed E-state index contributed by atoms with van der Waals surface area (Å²) < 4.78 is 5.57. The first-order valence-corrected chi connectivity index (χ1v) is 9.82. The van der Waals surface area contributed by atoms with Crippen LogP contribution in [0.1, 0.15) is 36.4 Å². The van der Waals surface area contributed by atoms with Gasteiger partial charge in [0.2, 0.25) is 5.89 Å². The molecule has 0 aliphatic carbocycles. The highest BCUT2D eigenvalue weighted by molar-refractivity contribution is 5.65. The molecular formula is C20H29N5O4. The highest BCUT2D eigenvalue weighted by Crippen LogP contribution is 2.26. The average Bonchev–Trinajstić information content (AvgIpc) is 3.05. The summed E-state index contributed by atoms with van der Waals surface area (Å²) in [7, 11) is 0. The standard InChI is InChI=1S/C20H29N5O4/c1-12-7-16(11-24-5-6-25(20(27)28)13(2)10-24)15(4)17(8-12)21-19-23-22-18(29-19)9-14(3)26/h7-8,13-14,26H,5-6,9-11H2,1-4H3,(H,21,23)(H,27,28)/t13-,14?/m0/s1. The van der Waals surface area contributed by atoms with Crippen LogP contribution in [0.4, 0.5) is 16.5 Å². The number of nitrogens with one attached hydrogen (secondary N) is 1. The number of piperazine rings is 1. The van der Waals surface area contributed by atoms with Gasteiger partial charge < -0.3 is 24.8 Å². The van der Waals surface area contributed by atoms with Gasteiger partial charge in [-0.25, -0.2) is 4.79 Å². The highest BCUT2D eigenvalue weighted by Gasteiger charge is 2.27. The highest BCUT2D eigenvalue weighted by atomic mass is 16.4. The van der Waals surface area contributed by atoms with Crippen LogP contribution in [0.15, 0.2) is 16.5 Å². The summed E-state index contributed by atoms with van der Waals surface area (Å²) in [6.45, 7) is 10.4. The molecule has 0 spiro atoms. The van der Waals surface area contributed by atoms with Gasteiger partial charge in [-0.15, -0.1) is 5.10 Å². The SMILES string of the molecule is Cc1cc(CN2CCN(C(=O)O)[C@@H](C)C2)c(C)c(Nc2nnc(CC(C)O)o2)c1. The van der Waals surface area contributed by atoms with Gasteiger partial charge in [-0.2, -0.15) is 0 Å². The topological polar surface area (TPSA) is 115 Å². The molecule has 1 unspecified atom stereocenters. The Hall–Kier alpha value is -2.65. The summed E-state index contributed by atoms with van der Waals surface area (Å²) in [5, 5.41) is 29.9. The number of aromatic nitrogens is 2. The maximum atomic E-state index is 11.3. The average molecular weight is 403 g/mol. The summed E-state index contributed by atoms with van der Waals surface area (Å²) in [5.41, 5.74) is 4.25. The third kappa shape index (κ3) is 5.24. The van der Waals surface area contributed by atoms with Gasteiger partial charge in [0.25, 0.3) is 0 Å². The van der Waals surface area contributed by atoms with E-state index in [9.17, 15) is 15.0 Å². The van der Waals surface area contributed by atoms with E-state index in [2.05, 4.69) is 26.5 Å². The van der Waals surface area contributed by atoms with E-state index in [0.717, 1.165) is 23.4 Å². The molecule has 1 saturated heterocycles. The third-order valence-electron chi connectivity index (χ3n) is 5.19. The minimum absolute atomic E-state index is 0.0327. The lowest BCUT2D eigenvalue weighted by Gasteiger charge is -2.38. The Bertz CT molecular complexity index is 867. The van der Waals surface area contributed by atoms with Gasteiger partial charge in [-0.1, -0.05) is 11.2 Å². The van der Waals surface area contributed by atoms with Crippen molar-refractivity contribution in [3.63, 3.8) is 0 Å². The molecule has 1 amide bonds. The second kappa shape index (κ2) is 8.79. The molecule has 0 saturated carbocycles. The quantitative estimate of drug-likeness (QED) is 0.674. The number of aliphatic hydroxyl groups is 1. The number of anilines is 2. The Kier molecular flexibility index (Phi) is 6.39. The van der Waals surface area contributed by atoms with Crippen molar-refractivity contribution in [3.05, 3.63) is 34.7 Å². The fourth-order valence-corrected chi connectivity index (χ4v) is 3.68. The van der Waals surface area contributed by atoms with Crippen LogP contribution >= 0.6 is 0 Å². The van der Waals surface area contributed by atoms with E-state index >= 15 is 0 Å². The molecule has 2 aromatic rings. The van der Waals surface area contributed by atoms with Gasteiger partial charge >= 0.3 is 12.1 Å². The lowest BCUT2D eigenvalue weighted by molar-refractivity contribution is 0.0710. The predicted molar refractivity (Wildman–Crippen MR) is 108 cm³/mol. The van der Waals surface area contributed by atoms with Gasteiger partial charge in [-0.3, -0.25) is 4.90 Å². The largest absolute Gasteiger partial charge is 0.465 e.